The summed E-state index contributed by atoms with van der Waals surface area (Å²) in [6.07, 6.45) is 1.75. The normalized spacial score (nSPS) is 11.6. The van der Waals surface area contributed by atoms with E-state index in [0.29, 0.717) is 0 Å². The van der Waals surface area contributed by atoms with Crippen LogP contribution in [0.4, 0.5) is 0 Å². The summed E-state index contributed by atoms with van der Waals surface area (Å²) in [5, 5.41) is 2.51. The van der Waals surface area contributed by atoms with Crippen LogP contribution in [0, 0.1) is 0 Å². The molecule has 3 heteroatoms. The number of aromatic nitrogens is 3. The van der Waals surface area contributed by atoms with E-state index in [9.17, 15) is 0 Å². The van der Waals surface area contributed by atoms with Gasteiger partial charge in [0.2, 0.25) is 0 Å². The van der Waals surface area contributed by atoms with E-state index in [0.717, 1.165) is 16.6 Å². The second-order valence-corrected chi connectivity index (χ2v) is 5.50. The standard InChI is InChI=1S/C19H13N3/c1-2-9-16-12(5-1)13-6-3-7-14(18(13)22-16)15-8-4-10-17-19(15)21-11-20-17/h1-11,22H,(H,20,21). The van der Waals surface area contributed by atoms with Crippen molar-refractivity contribution in [3.05, 3.63) is 67.0 Å². The molecular weight excluding hydrogens is 270 g/mol. The van der Waals surface area contributed by atoms with E-state index in [4.69, 9.17) is 0 Å². The SMILES string of the molecule is c1cc(-c2cccc3c2[nH]c2ccccc23)c2nc[nH]c2c1. The van der Waals surface area contributed by atoms with Gasteiger partial charge in [0.1, 0.15) is 0 Å². The van der Waals surface area contributed by atoms with Crippen molar-refractivity contribution >= 4 is 32.8 Å². The van der Waals surface area contributed by atoms with Crippen LogP contribution in [0.5, 0.6) is 0 Å². The van der Waals surface area contributed by atoms with Gasteiger partial charge in [-0.3, -0.25) is 0 Å². The van der Waals surface area contributed by atoms with Crippen molar-refractivity contribution in [3.63, 3.8) is 0 Å². The number of H-pyrrole nitrogens is 2. The highest BCUT2D eigenvalue weighted by atomic mass is 14.9. The fourth-order valence-corrected chi connectivity index (χ4v) is 3.28. The predicted octanol–water partition coefficient (Wildman–Crippen LogP) is 4.86. The summed E-state index contributed by atoms with van der Waals surface area (Å²) >= 11 is 0. The van der Waals surface area contributed by atoms with E-state index in [1.807, 2.05) is 0 Å². The number of fused-ring (bicyclic) bond motifs is 4. The Bertz CT molecular complexity index is 1130. The highest BCUT2D eigenvalue weighted by Crippen LogP contribution is 2.35. The predicted molar refractivity (Wildman–Crippen MR) is 90.9 cm³/mol. The number of aromatic amines is 2. The molecule has 0 atom stereocenters. The van der Waals surface area contributed by atoms with Gasteiger partial charge < -0.3 is 9.97 Å². The fraction of sp³-hybridized carbons (Fsp3) is 0. The number of rotatable bonds is 1. The van der Waals surface area contributed by atoms with Crippen molar-refractivity contribution in [3.8, 4) is 11.1 Å². The number of imidazole rings is 1. The third-order valence-corrected chi connectivity index (χ3v) is 4.28. The van der Waals surface area contributed by atoms with Crippen molar-refractivity contribution in [2.75, 3.05) is 0 Å². The molecule has 2 N–H and O–H groups in total. The maximum atomic E-state index is 4.49. The minimum atomic E-state index is 1.01. The van der Waals surface area contributed by atoms with E-state index >= 15 is 0 Å². The Morgan fingerprint density at radius 2 is 1.45 bits per heavy atom. The van der Waals surface area contributed by atoms with Crippen LogP contribution in [0.15, 0.2) is 67.0 Å². The topological polar surface area (TPSA) is 44.5 Å². The summed E-state index contributed by atoms with van der Waals surface area (Å²) in [6, 6.07) is 21.1. The Kier molecular flexibility index (Phi) is 2.22. The van der Waals surface area contributed by atoms with Crippen molar-refractivity contribution in [2.24, 2.45) is 0 Å². The van der Waals surface area contributed by atoms with Crippen molar-refractivity contribution < 1.29 is 0 Å². The maximum absolute atomic E-state index is 4.49. The molecule has 5 rings (SSSR count). The number of para-hydroxylation sites is 3. The Balaban J connectivity index is 1.94. The van der Waals surface area contributed by atoms with Gasteiger partial charge in [-0.05, 0) is 12.1 Å². The van der Waals surface area contributed by atoms with Gasteiger partial charge >= 0.3 is 0 Å². The van der Waals surface area contributed by atoms with Crippen LogP contribution in [-0.2, 0) is 0 Å². The highest BCUT2D eigenvalue weighted by Gasteiger charge is 2.12. The molecule has 0 amide bonds. The lowest BCUT2D eigenvalue weighted by molar-refractivity contribution is 1.34. The molecule has 0 aliphatic heterocycles. The zero-order valence-electron chi connectivity index (χ0n) is 11.8. The molecule has 0 radical (unpaired) electrons. The van der Waals surface area contributed by atoms with Crippen LogP contribution in [0.25, 0.3) is 44.0 Å². The summed E-state index contributed by atoms with van der Waals surface area (Å²) < 4.78 is 0. The molecule has 0 saturated carbocycles. The Morgan fingerprint density at radius 3 is 2.45 bits per heavy atom. The Labute approximate surface area is 126 Å². The van der Waals surface area contributed by atoms with Gasteiger partial charge in [0.25, 0.3) is 0 Å². The molecule has 0 aliphatic carbocycles. The van der Waals surface area contributed by atoms with Crippen molar-refractivity contribution in [1.82, 2.24) is 15.0 Å². The molecule has 0 fully saturated rings. The van der Waals surface area contributed by atoms with E-state index in [2.05, 4.69) is 75.6 Å². The second kappa shape index (κ2) is 4.21. The fourth-order valence-electron chi connectivity index (χ4n) is 3.28. The van der Waals surface area contributed by atoms with Gasteiger partial charge in [0.05, 0.1) is 22.9 Å². The Hall–Kier alpha value is -3.07. The average molecular weight is 283 g/mol. The van der Waals surface area contributed by atoms with E-state index in [1.54, 1.807) is 6.33 Å². The van der Waals surface area contributed by atoms with Crippen LogP contribution in [0.3, 0.4) is 0 Å². The van der Waals surface area contributed by atoms with Crippen LogP contribution in [0.2, 0.25) is 0 Å². The van der Waals surface area contributed by atoms with E-state index in [-0.39, 0.29) is 0 Å². The number of nitrogens with one attached hydrogen (secondary N) is 2. The third-order valence-electron chi connectivity index (χ3n) is 4.28. The molecule has 0 spiro atoms. The number of hydrogen-bond donors (Lipinski definition) is 2. The van der Waals surface area contributed by atoms with E-state index in [1.165, 1.54) is 27.4 Å². The summed E-state index contributed by atoms with van der Waals surface area (Å²) in [5.74, 6) is 0. The molecule has 22 heavy (non-hydrogen) atoms. The summed E-state index contributed by atoms with van der Waals surface area (Å²) in [7, 11) is 0. The summed E-state index contributed by atoms with van der Waals surface area (Å²) in [6.45, 7) is 0. The molecule has 2 heterocycles. The summed E-state index contributed by atoms with van der Waals surface area (Å²) in [4.78, 5) is 11.2. The zero-order valence-corrected chi connectivity index (χ0v) is 11.8. The Morgan fingerprint density at radius 1 is 0.682 bits per heavy atom. The lowest BCUT2D eigenvalue weighted by atomic mass is 10.0. The lowest BCUT2D eigenvalue weighted by Crippen LogP contribution is -1.82. The first kappa shape index (κ1) is 11.6. The first-order valence-corrected chi connectivity index (χ1v) is 7.34. The van der Waals surface area contributed by atoms with Crippen LogP contribution in [0.1, 0.15) is 0 Å². The molecule has 0 bridgehead atoms. The van der Waals surface area contributed by atoms with Gasteiger partial charge in [0.15, 0.2) is 0 Å². The van der Waals surface area contributed by atoms with Gasteiger partial charge in [-0.1, -0.05) is 48.5 Å². The van der Waals surface area contributed by atoms with Crippen LogP contribution < -0.4 is 0 Å². The monoisotopic (exact) mass is 283 g/mol. The minimum Gasteiger partial charge on any atom is -0.354 e. The van der Waals surface area contributed by atoms with Crippen LogP contribution >= 0.6 is 0 Å². The van der Waals surface area contributed by atoms with Gasteiger partial charge in [0, 0.05) is 27.4 Å². The first-order chi connectivity index (χ1) is 10.9. The molecule has 104 valence electrons. The molecule has 5 aromatic rings. The number of benzene rings is 3. The quantitative estimate of drug-likeness (QED) is 0.453. The average Bonchev–Trinajstić information content (AvgIpc) is 3.18. The first-order valence-electron chi connectivity index (χ1n) is 7.34. The smallest absolute Gasteiger partial charge is 0.0961 e. The van der Waals surface area contributed by atoms with Gasteiger partial charge in [-0.15, -0.1) is 0 Å². The summed E-state index contributed by atoms with van der Waals surface area (Å²) in [5.41, 5.74) is 6.74. The van der Waals surface area contributed by atoms with Gasteiger partial charge in [-0.25, -0.2) is 4.98 Å². The second-order valence-electron chi connectivity index (χ2n) is 5.50. The third kappa shape index (κ3) is 1.48. The van der Waals surface area contributed by atoms with Crippen molar-refractivity contribution in [1.29, 1.82) is 0 Å². The van der Waals surface area contributed by atoms with Gasteiger partial charge in [-0.2, -0.15) is 0 Å². The molecular formula is C19H13N3. The zero-order chi connectivity index (χ0) is 14.5. The maximum Gasteiger partial charge on any atom is 0.0961 e. The molecule has 3 aromatic carbocycles. The molecule has 2 aromatic heterocycles. The molecule has 0 unspecified atom stereocenters. The minimum absolute atomic E-state index is 1.01. The molecule has 0 saturated heterocycles. The highest BCUT2D eigenvalue weighted by molar-refractivity contribution is 6.13. The largest absolute Gasteiger partial charge is 0.354 e. The lowest BCUT2D eigenvalue weighted by Gasteiger charge is -2.04. The molecule has 3 nitrogen and oxygen atoms in total. The van der Waals surface area contributed by atoms with Crippen LogP contribution in [-0.4, -0.2) is 15.0 Å². The number of hydrogen-bond acceptors (Lipinski definition) is 1. The molecule has 0 aliphatic rings. The van der Waals surface area contributed by atoms with Crippen molar-refractivity contribution in [2.45, 2.75) is 0 Å². The number of nitrogens with zero attached hydrogens (tertiary/aromatic N) is 1. The van der Waals surface area contributed by atoms with E-state index < -0.39 is 0 Å².